The van der Waals surface area contributed by atoms with Crippen LogP contribution in [0.3, 0.4) is 0 Å². The Morgan fingerprint density at radius 1 is 0.778 bits per heavy atom. The van der Waals surface area contributed by atoms with Crippen molar-refractivity contribution < 1.29 is 74.8 Å². The van der Waals surface area contributed by atoms with Gasteiger partial charge in [-0.3, -0.25) is 4.79 Å². The standard InChI is InChI=1S/C39H66O15/c1-16(2)29(44)25(43)10-17(3)28-24(42)13-21-19-12-23(41)22-11-18(6-8-38(22,4)20(19)7-9-39(21,28)5)52-37-35(50)33(48)31(46)27(54-37)15-51-36-34(49)32(47)30(45)26(14-40)53-36/h16-22,24-37,40,42-50H,6-15H2,1-5H3/t17-,18+,19-,20+,21+,22-,24+,25-,26-,27-,28+,29+,30-,31-,32+,33+,34-,35-,36-,37-,38-,39+/m1/s1. The Morgan fingerprint density at radius 3 is 2.04 bits per heavy atom. The van der Waals surface area contributed by atoms with Gasteiger partial charge in [0.05, 0.1) is 37.6 Å². The summed E-state index contributed by atoms with van der Waals surface area (Å²) in [6.45, 7) is 9.17. The number of carbonyl (C=O) groups excluding carboxylic acids is 1. The van der Waals surface area contributed by atoms with Crippen molar-refractivity contribution >= 4 is 5.78 Å². The molecule has 6 rings (SSSR count). The van der Waals surface area contributed by atoms with Crippen LogP contribution in [0.15, 0.2) is 0 Å². The fourth-order valence-corrected chi connectivity index (χ4v) is 12.1. The van der Waals surface area contributed by atoms with Crippen molar-refractivity contribution in [2.75, 3.05) is 13.2 Å². The molecule has 4 saturated carbocycles. The van der Waals surface area contributed by atoms with Crippen LogP contribution >= 0.6 is 0 Å². The van der Waals surface area contributed by atoms with E-state index in [4.69, 9.17) is 18.9 Å². The quantitative estimate of drug-likeness (QED) is 0.116. The van der Waals surface area contributed by atoms with Crippen molar-refractivity contribution in [1.29, 1.82) is 0 Å². The van der Waals surface area contributed by atoms with Crippen LogP contribution in [0.5, 0.6) is 0 Å². The Kier molecular flexibility index (Phi) is 13.0. The summed E-state index contributed by atoms with van der Waals surface area (Å²) in [6.07, 6.45) is -13.0. The first kappa shape index (κ1) is 42.7. The molecule has 6 aliphatic rings. The van der Waals surface area contributed by atoms with E-state index in [1.54, 1.807) is 0 Å². The molecule has 0 radical (unpaired) electrons. The molecule has 0 aromatic carbocycles. The highest BCUT2D eigenvalue weighted by molar-refractivity contribution is 5.83. The van der Waals surface area contributed by atoms with Gasteiger partial charge in [0.25, 0.3) is 0 Å². The van der Waals surface area contributed by atoms with Gasteiger partial charge in [-0.25, -0.2) is 0 Å². The lowest BCUT2D eigenvalue weighted by molar-refractivity contribution is -0.337. The van der Waals surface area contributed by atoms with Crippen molar-refractivity contribution in [2.24, 2.45) is 52.3 Å². The molecular weight excluding hydrogens is 708 g/mol. The smallest absolute Gasteiger partial charge is 0.186 e. The van der Waals surface area contributed by atoms with E-state index >= 15 is 0 Å². The molecule has 22 atom stereocenters. The normalized spacial score (nSPS) is 51.3. The summed E-state index contributed by atoms with van der Waals surface area (Å²) in [5.41, 5.74) is -0.494. The zero-order valence-corrected chi connectivity index (χ0v) is 32.2. The molecule has 2 heterocycles. The van der Waals surface area contributed by atoms with Crippen LogP contribution in [-0.4, -0.2) is 156 Å². The number of rotatable bonds is 11. The minimum atomic E-state index is -1.68. The summed E-state index contributed by atoms with van der Waals surface area (Å²) < 4.78 is 23.1. The van der Waals surface area contributed by atoms with Crippen molar-refractivity contribution in [3.8, 4) is 0 Å². The molecule has 54 heavy (non-hydrogen) atoms. The lowest BCUT2D eigenvalue weighted by Gasteiger charge is -2.60. The predicted octanol–water partition coefficient (Wildman–Crippen LogP) is -0.792. The van der Waals surface area contributed by atoms with E-state index in [0.29, 0.717) is 38.5 Å². The van der Waals surface area contributed by atoms with E-state index in [0.717, 1.165) is 12.8 Å². The summed E-state index contributed by atoms with van der Waals surface area (Å²) in [5.74, 6) is 0.268. The van der Waals surface area contributed by atoms with Crippen molar-refractivity contribution in [3.63, 3.8) is 0 Å². The summed E-state index contributed by atoms with van der Waals surface area (Å²) in [7, 11) is 0. The number of aliphatic hydroxyl groups is 10. The third kappa shape index (κ3) is 7.58. The number of Topliss-reactive ketones (excluding diaryl/α,β-unsaturated/α-hetero) is 1. The average Bonchev–Trinajstić information content (AvgIpc) is 3.41. The Labute approximate surface area is 317 Å². The van der Waals surface area contributed by atoms with Crippen LogP contribution in [0.25, 0.3) is 0 Å². The lowest BCUT2D eigenvalue weighted by atomic mass is 9.44. The van der Waals surface area contributed by atoms with Gasteiger partial charge in [-0.15, -0.1) is 0 Å². The number of hydrogen-bond donors (Lipinski definition) is 10. The molecule has 0 unspecified atom stereocenters. The Morgan fingerprint density at radius 2 is 1.39 bits per heavy atom. The second-order valence-electron chi connectivity index (χ2n) is 18.6. The number of ketones is 1. The van der Waals surface area contributed by atoms with Gasteiger partial charge in [0.1, 0.15) is 54.6 Å². The van der Waals surface area contributed by atoms with E-state index in [9.17, 15) is 55.9 Å². The van der Waals surface area contributed by atoms with Crippen molar-refractivity contribution in [3.05, 3.63) is 0 Å². The molecule has 2 aliphatic heterocycles. The number of hydrogen-bond acceptors (Lipinski definition) is 15. The number of ether oxygens (including phenoxy) is 4. The number of fused-ring (bicyclic) bond motifs is 5. The summed E-state index contributed by atoms with van der Waals surface area (Å²) in [4.78, 5) is 14.1. The molecule has 0 aromatic heterocycles. The van der Waals surface area contributed by atoms with Crippen LogP contribution in [0.4, 0.5) is 0 Å². The predicted molar refractivity (Wildman–Crippen MR) is 189 cm³/mol. The number of aliphatic hydroxyl groups excluding tert-OH is 10. The maximum Gasteiger partial charge on any atom is 0.186 e. The maximum atomic E-state index is 14.1. The molecule has 0 aromatic rings. The zero-order valence-electron chi connectivity index (χ0n) is 32.2. The first-order chi connectivity index (χ1) is 25.3. The van der Waals surface area contributed by atoms with Crippen LogP contribution in [-0.2, 0) is 23.7 Å². The molecule has 6 fully saturated rings. The van der Waals surface area contributed by atoms with E-state index in [-0.39, 0.29) is 58.0 Å². The van der Waals surface area contributed by atoms with Gasteiger partial charge in [-0.05, 0) is 91.3 Å². The molecule has 15 nitrogen and oxygen atoms in total. The first-order valence-corrected chi connectivity index (χ1v) is 20.2. The topological polar surface area (TPSA) is 256 Å². The molecular formula is C39H66O15. The fraction of sp³-hybridized carbons (Fsp3) is 0.974. The van der Waals surface area contributed by atoms with Crippen LogP contribution in [0.2, 0.25) is 0 Å². The Balaban J connectivity index is 1.09. The van der Waals surface area contributed by atoms with Gasteiger partial charge in [0, 0.05) is 12.3 Å². The molecule has 2 saturated heterocycles. The molecule has 0 amide bonds. The highest BCUT2D eigenvalue weighted by Gasteiger charge is 2.65. The largest absolute Gasteiger partial charge is 0.394 e. The maximum absolute atomic E-state index is 14.1. The van der Waals surface area contributed by atoms with Gasteiger partial charge >= 0.3 is 0 Å². The highest BCUT2D eigenvalue weighted by Crippen LogP contribution is 2.68. The molecule has 312 valence electrons. The van der Waals surface area contributed by atoms with E-state index in [1.807, 2.05) is 13.8 Å². The second kappa shape index (κ2) is 16.4. The Bertz CT molecular complexity index is 1290. The van der Waals surface area contributed by atoms with E-state index in [1.165, 1.54) is 0 Å². The molecule has 10 N–H and O–H groups in total. The third-order valence-electron chi connectivity index (χ3n) is 15.1. The zero-order chi connectivity index (χ0) is 39.6. The van der Waals surface area contributed by atoms with E-state index in [2.05, 4.69) is 20.8 Å². The second-order valence-corrected chi connectivity index (χ2v) is 18.6. The monoisotopic (exact) mass is 774 g/mol. The minimum Gasteiger partial charge on any atom is -0.394 e. The lowest BCUT2D eigenvalue weighted by Crippen LogP contribution is -2.62. The minimum absolute atomic E-state index is 0.0129. The van der Waals surface area contributed by atoms with Crippen LogP contribution in [0, 0.1) is 52.3 Å². The molecule has 15 heteroatoms. The SMILES string of the molecule is CC(C)[C@H](O)[C@H](O)C[C@@H](C)[C@H]1[C@@H](O)C[C@H]2[C@@H]3CC(=O)[C@H]4C[C@@H](O[C@@H]5O[C@H](CO[C@@H]6O[C@H](CO)[C@@H](O)[C@H](O)[C@H]6O)[C@@H](O)[C@H](O)[C@H]5O)CC[C@]4(C)[C@H]3CC[C@]12C. The molecule has 4 aliphatic carbocycles. The molecule has 0 spiro atoms. The van der Waals surface area contributed by atoms with Gasteiger partial charge in [-0.1, -0.05) is 34.6 Å². The van der Waals surface area contributed by atoms with Gasteiger partial charge in [-0.2, -0.15) is 0 Å². The van der Waals surface area contributed by atoms with Gasteiger partial charge in [0.2, 0.25) is 0 Å². The summed E-state index contributed by atoms with van der Waals surface area (Å²) in [6, 6.07) is 0. The third-order valence-corrected chi connectivity index (χ3v) is 15.1. The first-order valence-electron chi connectivity index (χ1n) is 20.2. The van der Waals surface area contributed by atoms with Crippen molar-refractivity contribution in [2.45, 2.75) is 172 Å². The summed E-state index contributed by atoms with van der Waals surface area (Å²) in [5, 5.41) is 105. The molecule has 0 bridgehead atoms. The Hall–Kier alpha value is -0.890. The van der Waals surface area contributed by atoms with Crippen molar-refractivity contribution in [1.82, 2.24) is 0 Å². The fourth-order valence-electron chi connectivity index (χ4n) is 12.1. The number of carbonyl (C=O) groups is 1. The average molecular weight is 775 g/mol. The van der Waals surface area contributed by atoms with Gasteiger partial charge in [0.15, 0.2) is 12.6 Å². The van der Waals surface area contributed by atoms with Crippen LogP contribution < -0.4 is 0 Å². The highest BCUT2D eigenvalue weighted by atomic mass is 16.7. The van der Waals surface area contributed by atoms with E-state index < -0.39 is 99.0 Å². The van der Waals surface area contributed by atoms with Crippen LogP contribution in [0.1, 0.15) is 86.0 Å². The summed E-state index contributed by atoms with van der Waals surface area (Å²) >= 11 is 0. The van der Waals surface area contributed by atoms with Gasteiger partial charge < -0.3 is 70.0 Å².